The molecule has 2 aromatic carbocycles. The van der Waals surface area contributed by atoms with E-state index in [1.807, 2.05) is 78.0 Å². The lowest BCUT2D eigenvalue weighted by Crippen LogP contribution is -2.27. The molecule has 2 aliphatic carbocycles. The van der Waals surface area contributed by atoms with Crippen molar-refractivity contribution in [3.05, 3.63) is 117 Å². The fourth-order valence-corrected chi connectivity index (χ4v) is 5.23. The van der Waals surface area contributed by atoms with Crippen LogP contribution in [0.5, 0.6) is 0 Å². The first kappa shape index (κ1) is 32.9. The van der Waals surface area contributed by atoms with Crippen LogP contribution in [0.25, 0.3) is 11.1 Å². The highest BCUT2D eigenvalue weighted by molar-refractivity contribution is 6.37. The molecule has 0 saturated carbocycles. The van der Waals surface area contributed by atoms with Crippen LogP contribution in [0.2, 0.25) is 10.0 Å². The lowest BCUT2D eigenvalue weighted by Gasteiger charge is -2.31. The van der Waals surface area contributed by atoms with Crippen molar-refractivity contribution in [2.45, 2.75) is 55.4 Å². The Bertz CT molecular complexity index is 1710. The van der Waals surface area contributed by atoms with Gasteiger partial charge in [0.25, 0.3) is 0 Å². The SMILES string of the molecule is CC1=CC(=C/N=N/c2ccc(-c3cc(Cl)c(/N=N/C=C4C=C(C(C)(C)C)C(=O)C(C(C)(C)C)=C4)cc3Cl)cc2)C=C(C)C1=O. The lowest BCUT2D eigenvalue weighted by molar-refractivity contribution is -0.114. The van der Waals surface area contributed by atoms with Crippen LogP contribution >= 0.6 is 23.2 Å². The van der Waals surface area contributed by atoms with E-state index in [0.29, 0.717) is 32.6 Å². The molecule has 4 rings (SSSR count). The molecule has 0 fully saturated rings. The molecule has 8 heteroatoms. The zero-order valence-corrected chi connectivity index (χ0v) is 27.8. The highest BCUT2D eigenvalue weighted by atomic mass is 35.5. The van der Waals surface area contributed by atoms with Crippen LogP contribution in [0.15, 0.2) is 127 Å². The molecule has 0 aromatic heterocycles. The standard InChI is InChI=1S/C36H36Cl2N4O2/c1-21-13-23(14-22(2)33(21)43)19-39-41-26-11-9-25(10-12-26)27-17-31(38)32(18-30(27)37)42-40-20-24-15-28(35(3,4)5)34(44)29(16-24)36(6,7)8/h9-20H,1-8H3/b41-39+,42-40+. The van der Waals surface area contributed by atoms with Crippen molar-refractivity contribution in [2.24, 2.45) is 31.3 Å². The fourth-order valence-electron chi connectivity index (χ4n) is 4.76. The molecule has 0 aliphatic heterocycles. The molecule has 0 saturated heterocycles. The molecule has 0 heterocycles. The summed E-state index contributed by atoms with van der Waals surface area (Å²) in [6.07, 6.45) is 10.6. The molecular formula is C36H36Cl2N4O2. The van der Waals surface area contributed by atoms with E-state index >= 15 is 0 Å². The molecule has 226 valence electrons. The normalized spacial score (nSPS) is 16.3. The summed E-state index contributed by atoms with van der Waals surface area (Å²) in [5, 5.41) is 17.9. The van der Waals surface area contributed by atoms with E-state index in [0.717, 1.165) is 33.4 Å². The van der Waals surface area contributed by atoms with Crippen LogP contribution in [0.3, 0.4) is 0 Å². The lowest BCUT2D eigenvalue weighted by atomic mass is 9.72. The molecule has 0 atom stereocenters. The highest BCUT2D eigenvalue weighted by Crippen LogP contribution is 2.40. The number of Topliss-reactive ketones (excluding diaryl/α,β-unsaturated/α-hetero) is 2. The first-order valence-corrected chi connectivity index (χ1v) is 15.0. The summed E-state index contributed by atoms with van der Waals surface area (Å²) in [6, 6.07) is 10.9. The molecule has 0 amide bonds. The second-order valence-corrected chi connectivity index (χ2v) is 13.8. The van der Waals surface area contributed by atoms with Gasteiger partial charge < -0.3 is 0 Å². The zero-order valence-electron chi connectivity index (χ0n) is 26.3. The Hall–Kier alpha value is -4.00. The topological polar surface area (TPSA) is 83.6 Å². The van der Waals surface area contributed by atoms with Crippen LogP contribution in [-0.2, 0) is 9.59 Å². The van der Waals surface area contributed by atoms with Crippen LogP contribution < -0.4 is 0 Å². The van der Waals surface area contributed by atoms with Crippen LogP contribution in [0.4, 0.5) is 11.4 Å². The second kappa shape index (κ2) is 12.9. The van der Waals surface area contributed by atoms with E-state index in [2.05, 4.69) is 20.5 Å². The van der Waals surface area contributed by atoms with Gasteiger partial charge in [-0.1, -0.05) is 76.9 Å². The third-order valence-corrected chi connectivity index (χ3v) is 7.79. The maximum absolute atomic E-state index is 13.2. The van der Waals surface area contributed by atoms with Crippen LogP contribution in [0.1, 0.15) is 55.4 Å². The predicted octanol–water partition coefficient (Wildman–Crippen LogP) is 11.6. The molecule has 0 spiro atoms. The molecule has 0 unspecified atom stereocenters. The molecule has 0 N–H and O–H groups in total. The van der Waals surface area contributed by atoms with E-state index in [1.54, 1.807) is 50.5 Å². The van der Waals surface area contributed by atoms with E-state index in [-0.39, 0.29) is 22.4 Å². The number of hydrogen-bond donors (Lipinski definition) is 0. The number of benzene rings is 2. The number of halogens is 2. The summed E-state index contributed by atoms with van der Waals surface area (Å²) in [4.78, 5) is 25.1. The molecular weight excluding hydrogens is 591 g/mol. The summed E-state index contributed by atoms with van der Waals surface area (Å²) in [6.45, 7) is 15.7. The molecule has 2 aromatic rings. The van der Waals surface area contributed by atoms with E-state index < -0.39 is 0 Å². The smallest absolute Gasteiger partial charge is 0.186 e. The minimum atomic E-state index is -0.311. The molecule has 0 bridgehead atoms. The quantitative estimate of drug-likeness (QED) is 0.309. The molecule has 0 radical (unpaired) electrons. The van der Waals surface area contributed by atoms with Gasteiger partial charge in [-0.05, 0) is 101 Å². The zero-order chi connectivity index (χ0) is 32.4. The minimum Gasteiger partial charge on any atom is -0.289 e. The Morgan fingerprint density at radius 3 is 1.66 bits per heavy atom. The van der Waals surface area contributed by atoms with E-state index in [9.17, 15) is 9.59 Å². The summed E-state index contributed by atoms with van der Waals surface area (Å²) < 4.78 is 0. The Balaban J connectivity index is 1.53. The number of carbonyl (C=O) groups excluding carboxylic acids is 2. The van der Waals surface area contributed by atoms with Gasteiger partial charge in [-0.2, -0.15) is 15.3 Å². The van der Waals surface area contributed by atoms with Crippen LogP contribution in [0, 0.1) is 10.8 Å². The van der Waals surface area contributed by atoms with Gasteiger partial charge in [0, 0.05) is 16.7 Å². The Morgan fingerprint density at radius 1 is 0.636 bits per heavy atom. The number of rotatable bonds is 5. The number of nitrogens with zero attached hydrogens (tertiary/aromatic N) is 4. The largest absolute Gasteiger partial charge is 0.289 e. The van der Waals surface area contributed by atoms with Crippen molar-refractivity contribution in [1.82, 2.24) is 0 Å². The van der Waals surface area contributed by atoms with Gasteiger partial charge in [0.05, 0.1) is 28.1 Å². The number of allylic oxidation sites excluding steroid dienone is 10. The fraction of sp³-hybridized carbons (Fsp3) is 0.278. The van der Waals surface area contributed by atoms with Gasteiger partial charge in [0.1, 0.15) is 5.69 Å². The van der Waals surface area contributed by atoms with Crippen molar-refractivity contribution >= 4 is 46.1 Å². The average Bonchev–Trinajstić information content (AvgIpc) is 2.93. The highest BCUT2D eigenvalue weighted by Gasteiger charge is 2.34. The van der Waals surface area contributed by atoms with Gasteiger partial charge in [-0.25, -0.2) is 0 Å². The summed E-state index contributed by atoms with van der Waals surface area (Å²) in [5.41, 5.74) is 6.52. The summed E-state index contributed by atoms with van der Waals surface area (Å²) in [7, 11) is 0. The number of azo groups is 2. The predicted molar refractivity (Wildman–Crippen MR) is 180 cm³/mol. The summed E-state index contributed by atoms with van der Waals surface area (Å²) in [5.74, 6) is 0.107. The van der Waals surface area contributed by atoms with Gasteiger partial charge in [0.2, 0.25) is 0 Å². The second-order valence-electron chi connectivity index (χ2n) is 12.9. The molecule has 44 heavy (non-hydrogen) atoms. The molecule has 6 nitrogen and oxygen atoms in total. The number of carbonyl (C=O) groups is 2. The summed E-state index contributed by atoms with van der Waals surface area (Å²) >= 11 is 13.2. The monoisotopic (exact) mass is 626 g/mol. The van der Waals surface area contributed by atoms with Crippen LogP contribution in [-0.4, -0.2) is 11.6 Å². The Morgan fingerprint density at radius 2 is 1.14 bits per heavy atom. The van der Waals surface area contributed by atoms with Crippen molar-refractivity contribution in [3.63, 3.8) is 0 Å². The first-order valence-electron chi connectivity index (χ1n) is 14.3. The van der Waals surface area contributed by atoms with Crippen molar-refractivity contribution in [3.8, 4) is 11.1 Å². The average molecular weight is 628 g/mol. The minimum absolute atomic E-state index is 0.0410. The van der Waals surface area contributed by atoms with Gasteiger partial charge in [-0.3, -0.25) is 9.59 Å². The first-order chi connectivity index (χ1) is 20.5. The van der Waals surface area contributed by atoms with E-state index in [4.69, 9.17) is 23.2 Å². The maximum atomic E-state index is 13.2. The Labute approximate surface area is 269 Å². The third-order valence-electron chi connectivity index (χ3n) is 7.18. The van der Waals surface area contributed by atoms with E-state index in [1.165, 1.54) is 0 Å². The number of hydrogen-bond acceptors (Lipinski definition) is 6. The third kappa shape index (κ3) is 7.74. The Kier molecular flexibility index (Phi) is 9.67. The van der Waals surface area contributed by atoms with Gasteiger partial charge >= 0.3 is 0 Å². The van der Waals surface area contributed by atoms with Gasteiger partial charge in [0.15, 0.2) is 11.6 Å². The maximum Gasteiger partial charge on any atom is 0.186 e. The van der Waals surface area contributed by atoms with Crippen molar-refractivity contribution in [1.29, 1.82) is 0 Å². The van der Waals surface area contributed by atoms with Crippen molar-refractivity contribution in [2.75, 3.05) is 0 Å². The molecule has 2 aliphatic rings. The van der Waals surface area contributed by atoms with Crippen molar-refractivity contribution < 1.29 is 9.59 Å². The van der Waals surface area contributed by atoms with Gasteiger partial charge in [-0.15, -0.1) is 5.11 Å². The number of ketones is 2.